The van der Waals surface area contributed by atoms with Gasteiger partial charge in [-0.15, -0.1) is 0 Å². The zero-order chi connectivity index (χ0) is 14.0. The normalized spacial score (nSPS) is 15.3. The molecule has 18 heavy (non-hydrogen) atoms. The Hall–Kier alpha value is -0.820. The van der Waals surface area contributed by atoms with E-state index in [1.807, 2.05) is 0 Å². The Labute approximate surface area is 112 Å². The van der Waals surface area contributed by atoms with Crippen molar-refractivity contribution in [1.29, 1.82) is 0 Å². The Kier molecular flexibility index (Phi) is 4.61. The van der Waals surface area contributed by atoms with Crippen molar-refractivity contribution in [2.24, 2.45) is 0 Å². The van der Waals surface area contributed by atoms with Crippen LogP contribution in [0.1, 0.15) is 25.8 Å². The fourth-order valence-electron chi connectivity index (χ4n) is 1.20. The van der Waals surface area contributed by atoms with E-state index in [4.69, 9.17) is 0 Å². The number of nitrogens with zero attached hydrogens (tertiary/aromatic N) is 1. The second-order valence-electron chi connectivity index (χ2n) is 4.25. The molecule has 0 aliphatic heterocycles. The van der Waals surface area contributed by atoms with Crippen LogP contribution in [0, 0.1) is 0 Å². The molecular weight excluding hydrogens is 313 g/mol. The molecule has 0 saturated heterocycles. The van der Waals surface area contributed by atoms with Gasteiger partial charge in [0, 0.05) is 17.2 Å². The minimum atomic E-state index is -4.49. The third kappa shape index (κ3) is 4.13. The summed E-state index contributed by atoms with van der Waals surface area (Å²) in [6.45, 7) is 3.30. The van der Waals surface area contributed by atoms with Crippen LogP contribution in [0.2, 0.25) is 0 Å². The Bertz CT molecular complexity index is 421. The highest BCUT2D eigenvalue weighted by Crippen LogP contribution is 2.35. The molecule has 1 unspecified atom stereocenters. The predicted octanol–water partition coefficient (Wildman–Crippen LogP) is 3.44. The number of aliphatic hydroxyl groups is 1. The van der Waals surface area contributed by atoms with Crippen molar-refractivity contribution in [2.75, 3.05) is 11.9 Å². The molecule has 102 valence electrons. The maximum Gasteiger partial charge on any atom is 0.419 e. The van der Waals surface area contributed by atoms with E-state index < -0.39 is 17.3 Å². The fraction of sp³-hybridized carbons (Fsp3) is 0.545. The lowest BCUT2D eigenvalue weighted by atomic mass is 10.0. The molecule has 1 aromatic rings. The van der Waals surface area contributed by atoms with E-state index in [2.05, 4.69) is 26.2 Å². The third-order valence-corrected chi connectivity index (χ3v) is 2.99. The summed E-state index contributed by atoms with van der Waals surface area (Å²) < 4.78 is 38.6. The molecule has 0 amide bonds. The van der Waals surface area contributed by atoms with Crippen LogP contribution in [0.15, 0.2) is 16.7 Å². The molecule has 0 aliphatic rings. The smallest absolute Gasteiger partial charge is 0.388 e. The van der Waals surface area contributed by atoms with Crippen molar-refractivity contribution in [2.45, 2.75) is 32.0 Å². The summed E-state index contributed by atoms with van der Waals surface area (Å²) in [5.41, 5.74) is -1.93. The third-order valence-electron chi connectivity index (χ3n) is 2.56. The van der Waals surface area contributed by atoms with Gasteiger partial charge in [0.15, 0.2) is 0 Å². The highest BCUT2D eigenvalue weighted by atomic mass is 79.9. The van der Waals surface area contributed by atoms with Gasteiger partial charge in [-0.1, -0.05) is 6.92 Å². The summed E-state index contributed by atoms with van der Waals surface area (Å²) in [6.07, 6.45) is -2.78. The number of alkyl halides is 3. The topological polar surface area (TPSA) is 45.1 Å². The molecule has 2 N–H and O–H groups in total. The lowest BCUT2D eigenvalue weighted by Gasteiger charge is -2.23. The van der Waals surface area contributed by atoms with Crippen LogP contribution in [-0.2, 0) is 6.18 Å². The number of hydrogen-bond donors (Lipinski definition) is 2. The van der Waals surface area contributed by atoms with Gasteiger partial charge in [-0.25, -0.2) is 4.98 Å². The summed E-state index contributed by atoms with van der Waals surface area (Å²) >= 11 is 2.95. The van der Waals surface area contributed by atoms with E-state index in [-0.39, 0.29) is 16.8 Å². The van der Waals surface area contributed by atoms with Crippen LogP contribution >= 0.6 is 15.9 Å². The number of rotatable bonds is 4. The van der Waals surface area contributed by atoms with Gasteiger partial charge in [0.1, 0.15) is 5.82 Å². The lowest BCUT2D eigenvalue weighted by Crippen LogP contribution is -2.33. The zero-order valence-corrected chi connectivity index (χ0v) is 11.6. The van der Waals surface area contributed by atoms with Crippen LogP contribution in [0.3, 0.4) is 0 Å². The molecule has 1 atom stereocenters. The summed E-state index contributed by atoms with van der Waals surface area (Å²) in [5, 5.41) is 12.3. The second kappa shape index (κ2) is 5.44. The van der Waals surface area contributed by atoms with Gasteiger partial charge >= 0.3 is 6.18 Å². The number of pyridine rings is 1. The molecule has 0 aromatic carbocycles. The van der Waals surface area contributed by atoms with E-state index >= 15 is 0 Å². The maximum atomic E-state index is 12.8. The highest BCUT2D eigenvalue weighted by Gasteiger charge is 2.35. The fourth-order valence-corrected chi connectivity index (χ4v) is 1.53. The molecule has 0 fully saturated rings. The van der Waals surface area contributed by atoms with E-state index in [0.29, 0.717) is 6.42 Å². The molecule has 7 heteroatoms. The molecule has 0 spiro atoms. The Morgan fingerprint density at radius 1 is 1.44 bits per heavy atom. The number of nitrogens with one attached hydrogen (secondary N) is 1. The minimum Gasteiger partial charge on any atom is -0.388 e. The first-order chi connectivity index (χ1) is 8.15. The van der Waals surface area contributed by atoms with E-state index in [9.17, 15) is 18.3 Å². The van der Waals surface area contributed by atoms with Crippen molar-refractivity contribution in [3.05, 3.63) is 22.3 Å². The number of anilines is 1. The molecule has 0 bridgehead atoms. The van der Waals surface area contributed by atoms with Crippen molar-refractivity contribution in [3.8, 4) is 0 Å². The van der Waals surface area contributed by atoms with Gasteiger partial charge in [0.2, 0.25) is 0 Å². The molecule has 1 heterocycles. The van der Waals surface area contributed by atoms with E-state index in [1.165, 1.54) is 6.20 Å². The van der Waals surface area contributed by atoms with Crippen LogP contribution in [-0.4, -0.2) is 22.2 Å². The predicted molar refractivity (Wildman–Crippen MR) is 66.3 cm³/mol. The van der Waals surface area contributed by atoms with Crippen molar-refractivity contribution >= 4 is 21.7 Å². The average Bonchev–Trinajstić information content (AvgIpc) is 2.26. The van der Waals surface area contributed by atoms with Gasteiger partial charge in [-0.05, 0) is 35.3 Å². The Morgan fingerprint density at radius 3 is 2.56 bits per heavy atom. The summed E-state index contributed by atoms with van der Waals surface area (Å²) in [6, 6.07) is 0.954. The zero-order valence-electron chi connectivity index (χ0n) is 9.98. The molecule has 1 aromatic heterocycles. The summed E-state index contributed by atoms with van der Waals surface area (Å²) in [4.78, 5) is 3.69. The van der Waals surface area contributed by atoms with Crippen LogP contribution in [0.25, 0.3) is 0 Å². The molecule has 0 aliphatic carbocycles. The van der Waals surface area contributed by atoms with Crippen LogP contribution in [0.5, 0.6) is 0 Å². The number of hydrogen-bond acceptors (Lipinski definition) is 3. The van der Waals surface area contributed by atoms with Crippen LogP contribution in [0.4, 0.5) is 19.0 Å². The Balaban J connectivity index is 2.96. The van der Waals surface area contributed by atoms with Gasteiger partial charge in [-0.2, -0.15) is 13.2 Å². The van der Waals surface area contributed by atoms with Gasteiger partial charge < -0.3 is 10.4 Å². The largest absolute Gasteiger partial charge is 0.419 e. The Morgan fingerprint density at radius 2 is 2.06 bits per heavy atom. The number of halogens is 4. The van der Waals surface area contributed by atoms with E-state index in [1.54, 1.807) is 13.8 Å². The maximum absolute atomic E-state index is 12.8. The SMILES string of the molecule is CCC(C)(O)CNc1ncc(Br)cc1C(F)(F)F. The first-order valence-electron chi connectivity index (χ1n) is 5.35. The van der Waals surface area contributed by atoms with Gasteiger partial charge in [0.25, 0.3) is 0 Å². The first-order valence-corrected chi connectivity index (χ1v) is 6.14. The van der Waals surface area contributed by atoms with Crippen molar-refractivity contribution in [3.63, 3.8) is 0 Å². The van der Waals surface area contributed by atoms with Gasteiger partial charge in [-0.3, -0.25) is 0 Å². The molecule has 0 radical (unpaired) electrons. The monoisotopic (exact) mass is 326 g/mol. The summed E-state index contributed by atoms with van der Waals surface area (Å²) in [5.74, 6) is -0.278. The van der Waals surface area contributed by atoms with Crippen LogP contribution < -0.4 is 5.32 Å². The molecule has 1 rings (SSSR count). The van der Waals surface area contributed by atoms with Crippen molar-refractivity contribution < 1.29 is 18.3 Å². The first kappa shape index (κ1) is 15.2. The summed E-state index contributed by atoms with van der Waals surface area (Å²) in [7, 11) is 0. The second-order valence-corrected chi connectivity index (χ2v) is 5.17. The minimum absolute atomic E-state index is 0.00120. The number of aromatic nitrogens is 1. The standard InChI is InChI=1S/C11H14BrF3N2O/c1-3-10(2,18)6-17-9-8(11(13,14)15)4-7(12)5-16-9/h4-5,18H,3,6H2,1-2H3,(H,16,17). The van der Waals surface area contributed by atoms with E-state index in [0.717, 1.165) is 6.07 Å². The quantitative estimate of drug-likeness (QED) is 0.890. The molecule has 0 saturated carbocycles. The van der Waals surface area contributed by atoms with Crippen molar-refractivity contribution in [1.82, 2.24) is 4.98 Å². The highest BCUT2D eigenvalue weighted by molar-refractivity contribution is 9.10. The lowest BCUT2D eigenvalue weighted by molar-refractivity contribution is -0.137. The molecular formula is C11H14BrF3N2O. The molecule has 3 nitrogen and oxygen atoms in total. The van der Waals surface area contributed by atoms with Gasteiger partial charge in [0.05, 0.1) is 11.2 Å². The average molecular weight is 327 g/mol.